The zero-order chi connectivity index (χ0) is 16.0. The van der Waals surface area contributed by atoms with Gasteiger partial charge < -0.3 is 14.1 Å². The highest BCUT2D eigenvalue weighted by atomic mass is 35.5. The lowest BCUT2D eigenvalue weighted by Gasteiger charge is -2.28. The average Bonchev–Trinajstić information content (AvgIpc) is 2.90. The van der Waals surface area contributed by atoms with Gasteiger partial charge in [-0.1, -0.05) is 17.7 Å². The van der Waals surface area contributed by atoms with E-state index in [1.807, 2.05) is 12.1 Å². The van der Waals surface area contributed by atoms with Crippen LogP contribution in [0.4, 0.5) is 0 Å². The molecule has 118 valence electrons. The molecule has 0 saturated carbocycles. The lowest BCUT2D eigenvalue weighted by atomic mass is 10.2. The molecule has 0 saturated heterocycles. The highest BCUT2D eigenvalue weighted by Crippen LogP contribution is 2.29. The van der Waals surface area contributed by atoms with Crippen molar-refractivity contribution in [3.8, 4) is 5.75 Å². The summed E-state index contributed by atoms with van der Waals surface area (Å²) in [5.74, 6) is 0.192. The molecule has 0 atom stereocenters. The molecule has 5 nitrogen and oxygen atoms in total. The normalized spacial score (nSPS) is 15.0. The maximum atomic E-state index is 11.5. The minimum atomic E-state index is -0.413. The number of fused-ring (bicyclic) bond motifs is 3. The summed E-state index contributed by atoms with van der Waals surface area (Å²) in [6.07, 6.45) is 1.10. The molecule has 0 unspecified atom stereocenters. The molecule has 0 aliphatic carbocycles. The van der Waals surface area contributed by atoms with Crippen molar-refractivity contribution >= 4 is 22.5 Å². The highest BCUT2D eigenvalue weighted by Gasteiger charge is 2.20. The molecule has 0 bridgehead atoms. The number of rotatable bonds is 2. The minimum Gasteiger partial charge on any atom is -0.502 e. The molecule has 0 spiro atoms. The molecule has 0 fully saturated rings. The van der Waals surface area contributed by atoms with Crippen LogP contribution in [-0.2, 0) is 19.6 Å². The van der Waals surface area contributed by atoms with E-state index < -0.39 is 5.43 Å². The van der Waals surface area contributed by atoms with Crippen LogP contribution in [0.3, 0.4) is 0 Å². The van der Waals surface area contributed by atoms with Crippen molar-refractivity contribution in [2.45, 2.75) is 19.6 Å². The van der Waals surface area contributed by atoms with E-state index in [9.17, 15) is 9.90 Å². The molecule has 1 aliphatic heterocycles. The van der Waals surface area contributed by atoms with Gasteiger partial charge in [0.2, 0.25) is 5.43 Å². The SMILES string of the molecule is O=c1cc(CN2CCn3c(cc4c(Cl)cccc43)C2)occ1O. The molecule has 3 heterocycles. The zero-order valence-corrected chi connectivity index (χ0v) is 13.1. The topological polar surface area (TPSA) is 58.6 Å². The van der Waals surface area contributed by atoms with E-state index in [0.29, 0.717) is 12.3 Å². The fourth-order valence-electron chi connectivity index (χ4n) is 3.13. The lowest BCUT2D eigenvalue weighted by molar-refractivity contribution is 0.197. The van der Waals surface area contributed by atoms with Gasteiger partial charge in [0.15, 0.2) is 5.75 Å². The summed E-state index contributed by atoms with van der Waals surface area (Å²) in [5, 5.41) is 11.1. The van der Waals surface area contributed by atoms with Crippen LogP contribution in [0.5, 0.6) is 5.75 Å². The van der Waals surface area contributed by atoms with Crippen LogP contribution < -0.4 is 5.43 Å². The van der Waals surface area contributed by atoms with Crippen LogP contribution in [0.2, 0.25) is 5.02 Å². The number of aromatic nitrogens is 1. The number of benzene rings is 1. The maximum absolute atomic E-state index is 11.5. The Hall–Kier alpha value is -2.24. The average molecular weight is 331 g/mol. The number of nitrogens with zero attached hydrogens (tertiary/aromatic N) is 2. The van der Waals surface area contributed by atoms with Gasteiger partial charge in [0.25, 0.3) is 0 Å². The third-order valence-corrected chi connectivity index (χ3v) is 4.58. The Kier molecular flexibility index (Phi) is 3.39. The second-order valence-electron chi connectivity index (χ2n) is 5.77. The van der Waals surface area contributed by atoms with E-state index in [-0.39, 0.29) is 5.75 Å². The number of halogens is 1. The zero-order valence-electron chi connectivity index (χ0n) is 12.3. The van der Waals surface area contributed by atoms with Crippen LogP contribution in [0.1, 0.15) is 11.5 Å². The molecular formula is C17H15ClN2O3. The van der Waals surface area contributed by atoms with Crippen LogP contribution in [0, 0.1) is 0 Å². The summed E-state index contributed by atoms with van der Waals surface area (Å²) >= 11 is 6.27. The van der Waals surface area contributed by atoms with Gasteiger partial charge in [0.05, 0.1) is 6.54 Å². The standard InChI is InChI=1S/C17H15ClN2O3/c18-14-2-1-3-15-13(14)6-11-8-19(4-5-20(11)15)9-12-7-16(21)17(22)10-23-12/h1-3,6-7,10,22H,4-5,8-9H2. The molecular weight excluding hydrogens is 316 g/mol. The van der Waals surface area contributed by atoms with E-state index in [1.54, 1.807) is 0 Å². The third-order valence-electron chi connectivity index (χ3n) is 4.25. The largest absolute Gasteiger partial charge is 0.502 e. The highest BCUT2D eigenvalue weighted by molar-refractivity contribution is 6.35. The number of hydrogen-bond donors (Lipinski definition) is 1. The fraction of sp³-hybridized carbons (Fsp3) is 0.235. The second-order valence-corrected chi connectivity index (χ2v) is 6.17. The summed E-state index contributed by atoms with van der Waals surface area (Å²) in [6.45, 7) is 3.01. The Bertz CT molecular complexity index is 945. The van der Waals surface area contributed by atoms with Gasteiger partial charge in [0.1, 0.15) is 12.0 Å². The van der Waals surface area contributed by atoms with Gasteiger partial charge in [-0.05, 0) is 18.2 Å². The molecule has 1 N–H and O–H groups in total. The Morgan fingerprint density at radius 1 is 1.26 bits per heavy atom. The molecule has 3 aromatic rings. The van der Waals surface area contributed by atoms with E-state index in [1.165, 1.54) is 11.8 Å². The van der Waals surface area contributed by atoms with Crippen molar-refractivity contribution in [1.82, 2.24) is 9.47 Å². The Morgan fingerprint density at radius 2 is 2.13 bits per heavy atom. The lowest BCUT2D eigenvalue weighted by Crippen LogP contribution is -2.33. The van der Waals surface area contributed by atoms with Gasteiger partial charge in [-0.25, -0.2) is 0 Å². The molecule has 0 radical (unpaired) electrons. The molecule has 4 rings (SSSR count). The summed E-state index contributed by atoms with van der Waals surface area (Å²) in [7, 11) is 0. The molecule has 1 aliphatic rings. The van der Waals surface area contributed by atoms with Crippen molar-refractivity contribution in [1.29, 1.82) is 0 Å². The molecule has 2 aromatic heterocycles. The van der Waals surface area contributed by atoms with Crippen molar-refractivity contribution in [3.63, 3.8) is 0 Å². The predicted molar refractivity (Wildman–Crippen MR) is 87.7 cm³/mol. The second kappa shape index (κ2) is 5.44. The van der Waals surface area contributed by atoms with Gasteiger partial charge in [-0.2, -0.15) is 0 Å². The first-order chi connectivity index (χ1) is 11.1. The number of aromatic hydroxyl groups is 1. The molecule has 6 heteroatoms. The first-order valence-corrected chi connectivity index (χ1v) is 7.79. The van der Waals surface area contributed by atoms with Crippen molar-refractivity contribution in [2.75, 3.05) is 6.54 Å². The van der Waals surface area contributed by atoms with Crippen molar-refractivity contribution in [3.05, 3.63) is 63.3 Å². The Labute approximate surface area is 137 Å². The smallest absolute Gasteiger partial charge is 0.226 e. The van der Waals surface area contributed by atoms with Gasteiger partial charge in [0, 0.05) is 47.3 Å². The van der Waals surface area contributed by atoms with Crippen molar-refractivity contribution in [2.24, 2.45) is 0 Å². The number of hydrogen-bond acceptors (Lipinski definition) is 4. The molecule has 0 amide bonds. The van der Waals surface area contributed by atoms with E-state index in [4.69, 9.17) is 16.0 Å². The predicted octanol–water partition coefficient (Wildman–Crippen LogP) is 2.97. The summed E-state index contributed by atoms with van der Waals surface area (Å²) < 4.78 is 7.57. The van der Waals surface area contributed by atoms with Gasteiger partial charge >= 0.3 is 0 Å². The van der Waals surface area contributed by atoms with Gasteiger partial charge in [-0.3, -0.25) is 9.69 Å². The van der Waals surface area contributed by atoms with E-state index in [0.717, 1.165) is 41.8 Å². The van der Waals surface area contributed by atoms with Crippen LogP contribution in [0.25, 0.3) is 10.9 Å². The third kappa shape index (κ3) is 2.52. The first-order valence-electron chi connectivity index (χ1n) is 7.41. The summed E-state index contributed by atoms with van der Waals surface area (Å²) in [6, 6.07) is 9.42. The molecule has 23 heavy (non-hydrogen) atoms. The summed E-state index contributed by atoms with van der Waals surface area (Å²) in [4.78, 5) is 13.7. The fourth-order valence-corrected chi connectivity index (χ4v) is 3.35. The Balaban J connectivity index is 1.61. The van der Waals surface area contributed by atoms with Crippen molar-refractivity contribution < 1.29 is 9.52 Å². The van der Waals surface area contributed by atoms with Crippen LogP contribution >= 0.6 is 11.6 Å². The van der Waals surface area contributed by atoms with E-state index >= 15 is 0 Å². The summed E-state index contributed by atoms with van der Waals surface area (Å²) in [5.41, 5.74) is 1.94. The van der Waals surface area contributed by atoms with E-state index in [2.05, 4.69) is 21.6 Å². The quantitative estimate of drug-likeness (QED) is 0.785. The Morgan fingerprint density at radius 3 is 2.96 bits per heavy atom. The van der Waals surface area contributed by atoms with Crippen LogP contribution in [-0.4, -0.2) is 21.1 Å². The monoisotopic (exact) mass is 330 g/mol. The minimum absolute atomic E-state index is 0.359. The molecule has 1 aromatic carbocycles. The maximum Gasteiger partial charge on any atom is 0.226 e. The van der Waals surface area contributed by atoms with Crippen LogP contribution in [0.15, 0.2) is 45.8 Å². The van der Waals surface area contributed by atoms with Gasteiger partial charge in [-0.15, -0.1) is 0 Å². The first kappa shape index (κ1) is 14.4.